The molecule has 3 rings (SSSR count). The van der Waals surface area contributed by atoms with Crippen LogP contribution >= 0.6 is 11.8 Å². The third-order valence-corrected chi connectivity index (χ3v) is 5.17. The molecule has 1 aromatic heterocycles. The lowest BCUT2D eigenvalue weighted by molar-refractivity contribution is -0.118. The molecule has 2 heterocycles. The van der Waals surface area contributed by atoms with Crippen molar-refractivity contribution in [2.75, 3.05) is 4.90 Å². The number of primary amides is 1. The van der Waals surface area contributed by atoms with E-state index in [0.29, 0.717) is 5.56 Å². The zero-order valence-electron chi connectivity index (χ0n) is 13.2. The van der Waals surface area contributed by atoms with E-state index >= 15 is 0 Å². The second-order valence-corrected chi connectivity index (χ2v) is 6.69. The van der Waals surface area contributed by atoms with E-state index in [4.69, 9.17) is 5.73 Å². The van der Waals surface area contributed by atoms with Crippen molar-refractivity contribution in [3.8, 4) is 0 Å². The van der Waals surface area contributed by atoms with Crippen molar-refractivity contribution in [2.45, 2.75) is 18.2 Å². The molecule has 0 saturated carbocycles. The van der Waals surface area contributed by atoms with Gasteiger partial charge in [0.05, 0.1) is 12.1 Å². The van der Waals surface area contributed by atoms with Crippen LogP contribution in [0, 0.1) is 0 Å². The largest absolute Gasteiger partial charge is 0.370 e. The van der Waals surface area contributed by atoms with Gasteiger partial charge in [-0.15, -0.1) is 0 Å². The Morgan fingerprint density at radius 2 is 1.92 bits per heavy atom. The predicted molar refractivity (Wildman–Crippen MR) is 95.4 cm³/mol. The fraction of sp³-hybridized carbons (Fsp3) is 0.167. The number of pyridine rings is 1. The van der Waals surface area contributed by atoms with Gasteiger partial charge in [0.15, 0.2) is 5.78 Å². The SMILES string of the molecule is CC(=O)c1ccccc1N1C=CSC1(CC(N)=O)c1ccncc1. The monoisotopic (exact) mass is 339 g/mol. The van der Waals surface area contributed by atoms with E-state index in [1.165, 1.54) is 18.7 Å². The van der Waals surface area contributed by atoms with Gasteiger partial charge in [-0.2, -0.15) is 0 Å². The van der Waals surface area contributed by atoms with E-state index in [1.807, 2.05) is 46.8 Å². The number of rotatable bonds is 5. The number of benzene rings is 1. The molecule has 2 N–H and O–H groups in total. The van der Waals surface area contributed by atoms with Crippen LogP contribution in [0.1, 0.15) is 29.3 Å². The summed E-state index contributed by atoms with van der Waals surface area (Å²) in [7, 11) is 0. The smallest absolute Gasteiger partial charge is 0.221 e. The molecule has 122 valence electrons. The molecule has 0 radical (unpaired) electrons. The van der Waals surface area contributed by atoms with E-state index < -0.39 is 10.8 Å². The quantitative estimate of drug-likeness (QED) is 0.847. The van der Waals surface area contributed by atoms with Crippen LogP contribution in [0.25, 0.3) is 0 Å². The lowest BCUT2D eigenvalue weighted by Crippen LogP contribution is -2.41. The van der Waals surface area contributed by atoms with Gasteiger partial charge in [-0.25, -0.2) is 0 Å². The number of thioether (sulfide) groups is 1. The van der Waals surface area contributed by atoms with Crippen LogP contribution in [0.3, 0.4) is 0 Å². The number of carbonyl (C=O) groups is 2. The molecular weight excluding hydrogens is 322 g/mol. The summed E-state index contributed by atoms with van der Waals surface area (Å²) in [6.07, 6.45) is 5.37. The summed E-state index contributed by atoms with van der Waals surface area (Å²) in [5, 5.41) is 1.92. The van der Waals surface area contributed by atoms with Crippen molar-refractivity contribution in [3.63, 3.8) is 0 Å². The Hall–Kier alpha value is -2.60. The minimum Gasteiger partial charge on any atom is -0.370 e. The van der Waals surface area contributed by atoms with Crippen LogP contribution in [0.4, 0.5) is 5.69 Å². The van der Waals surface area contributed by atoms with Crippen LogP contribution in [-0.4, -0.2) is 16.7 Å². The molecule has 24 heavy (non-hydrogen) atoms. The fourth-order valence-electron chi connectivity index (χ4n) is 2.92. The van der Waals surface area contributed by atoms with Gasteiger partial charge < -0.3 is 10.6 Å². The Bertz CT molecular complexity index is 807. The molecule has 1 amide bonds. The molecule has 0 aliphatic carbocycles. The highest BCUT2D eigenvalue weighted by Gasteiger charge is 2.43. The van der Waals surface area contributed by atoms with Gasteiger partial charge >= 0.3 is 0 Å². The summed E-state index contributed by atoms with van der Waals surface area (Å²) in [5.41, 5.74) is 7.81. The number of para-hydroxylation sites is 1. The lowest BCUT2D eigenvalue weighted by atomic mass is 9.99. The van der Waals surface area contributed by atoms with Gasteiger partial charge in [0, 0.05) is 24.2 Å². The van der Waals surface area contributed by atoms with Crippen LogP contribution in [0.15, 0.2) is 60.4 Å². The first kappa shape index (κ1) is 16.3. The van der Waals surface area contributed by atoms with Gasteiger partial charge in [0.2, 0.25) is 5.91 Å². The Morgan fingerprint density at radius 3 is 2.58 bits per heavy atom. The van der Waals surface area contributed by atoms with Gasteiger partial charge in [-0.3, -0.25) is 14.6 Å². The molecule has 0 bridgehead atoms. The maximum atomic E-state index is 12.0. The minimum absolute atomic E-state index is 0.0291. The van der Waals surface area contributed by atoms with E-state index in [-0.39, 0.29) is 12.2 Å². The fourth-order valence-corrected chi connectivity index (χ4v) is 4.10. The summed E-state index contributed by atoms with van der Waals surface area (Å²) in [6, 6.07) is 11.1. The average Bonchev–Trinajstić information content (AvgIpc) is 2.99. The van der Waals surface area contributed by atoms with Crippen molar-refractivity contribution < 1.29 is 9.59 Å². The summed E-state index contributed by atoms with van der Waals surface area (Å²) >= 11 is 1.50. The maximum Gasteiger partial charge on any atom is 0.221 e. The molecule has 5 nitrogen and oxygen atoms in total. The molecule has 0 saturated heterocycles. The van der Waals surface area contributed by atoms with Crippen LogP contribution < -0.4 is 10.6 Å². The summed E-state index contributed by atoms with van der Waals surface area (Å²) < 4.78 is 0. The van der Waals surface area contributed by atoms with Gasteiger partial charge in [0.1, 0.15) is 4.87 Å². The molecule has 0 fully saturated rings. The Kier molecular flexibility index (Phi) is 4.40. The van der Waals surface area contributed by atoms with E-state index in [0.717, 1.165) is 11.3 Å². The third-order valence-electron chi connectivity index (χ3n) is 3.95. The molecule has 1 unspecified atom stereocenters. The van der Waals surface area contributed by atoms with E-state index in [9.17, 15) is 9.59 Å². The second-order valence-electron chi connectivity index (χ2n) is 5.51. The third kappa shape index (κ3) is 2.80. The summed E-state index contributed by atoms with van der Waals surface area (Å²) in [5.74, 6) is -0.438. The van der Waals surface area contributed by atoms with E-state index in [1.54, 1.807) is 18.5 Å². The Morgan fingerprint density at radius 1 is 1.21 bits per heavy atom. The number of aromatic nitrogens is 1. The van der Waals surface area contributed by atoms with Crippen molar-refractivity contribution in [3.05, 3.63) is 71.5 Å². The lowest BCUT2D eigenvalue weighted by Gasteiger charge is -2.39. The van der Waals surface area contributed by atoms with Gasteiger partial charge in [-0.05, 0) is 42.2 Å². The van der Waals surface area contributed by atoms with Crippen molar-refractivity contribution in [2.24, 2.45) is 5.73 Å². The minimum atomic E-state index is -0.722. The van der Waals surface area contributed by atoms with Crippen molar-refractivity contribution in [1.29, 1.82) is 0 Å². The zero-order valence-corrected chi connectivity index (χ0v) is 14.0. The van der Waals surface area contributed by atoms with Crippen LogP contribution in [0.5, 0.6) is 0 Å². The zero-order chi connectivity index (χ0) is 17.2. The topological polar surface area (TPSA) is 76.3 Å². The molecule has 1 aromatic carbocycles. The van der Waals surface area contributed by atoms with Crippen molar-refractivity contribution >= 4 is 29.1 Å². The number of ketones is 1. The first-order valence-corrected chi connectivity index (χ1v) is 8.35. The Labute approximate surface area is 144 Å². The highest BCUT2D eigenvalue weighted by molar-refractivity contribution is 8.03. The molecule has 0 spiro atoms. The molecule has 1 aliphatic rings. The molecule has 1 atom stereocenters. The summed E-state index contributed by atoms with van der Waals surface area (Å²) in [4.78, 5) is 29.1. The maximum absolute atomic E-state index is 12.0. The second kappa shape index (κ2) is 6.49. The average molecular weight is 339 g/mol. The molecule has 2 aromatic rings. The highest BCUT2D eigenvalue weighted by Crippen LogP contribution is 2.50. The predicted octanol–water partition coefficient (Wildman–Crippen LogP) is 3.04. The van der Waals surface area contributed by atoms with Crippen LogP contribution in [0.2, 0.25) is 0 Å². The van der Waals surface area contributed by atoms with Crippen LogP contribution in [-0.2, 0) is 9.67 Å². The number of hydrogen-bond acceptors (Lipinski definition) is 5. The van der Waals surface area contributed by atoms with Gasteiger partial charge in [0.25, 0.3) is 0 Å². The molecule has 6 heteroatoms. The number of Topliss-reactive ketones (excluding diaryl/α,β-unsaturated/α-hetero) is 1. The Balaban J connectivity index is 2.17. The number of anilines is 1. The molecular formula is C18H17N3O2S. The van der Waals surface area contributed by atoms with Crippen molar-refractivity contribution in [1.82, 2.24) is 4.98 Å². The van der Waals surface area contributed by atoms with Gasteiger partial charge in [-0.1, -0.05) is 23.9 Å². The standard InChI is InChI=1S/C18H17N3O2S/c1-13(22)15-4-2-3-5-16(15)21-10-11-24-18(21,12-17(19)23)14-6-8-20-9-7-14/h2-11H,12H2,1H3,(H2,19,23). The number of carbonyl (C=O) groups excluding carboxylic acids is 2. The number of hydrogen-bond donors (Lipinski definition) is 1. The van der Waals surface area contributed by atoms with E-state index in [2.05, 4.69) is 4.98 Å². The number of amides is 1. The first-order chi connectivity index (χ1) is 11.5. The normalized spacial score (nSPS) is 19.5. The number of nitrogens with zero attached hydrogens (tertiary/aromatic N) is 2. The summed E-state index contributed by atoms with van der Waals surface area (Å²) in [6.45, 7) is 1.54. The highest BCUT2D eigenvalue weighted by atomic mass is 32.2. The molecule has 1 aliphatic heterocycles. The number of nitrogens with two attached hydrogens (primary N) is 1. The first-order valence-electron chi connectivity index (χ1n) is 7.47.